The number of hydrogen-bond acceptors (Lipinski definition) is 4. The molecule has 1 aromatic heterocycles. The van der Waals surface area contributed by atoms with E-state index in [1.165, 1.54) is 0 Å². The lowest BCUT2D eigenvalue weighted by atomic mass is 10.0. The minimum atomic E-state index is -0.0775. The summed E-state index contributed by atoms with van der Waals surface area (Å²) in [6.45, 7) is 2.57. The minimum absolute atomic E-state index is 0.0775. The number of ether oxygens (including phenoxy) is 2. The zero-order valence-corrected chi connectivity index (χ0v) is 11.9. The zero-order valence-electron chi connectivity index (χ0n) is 11.9. The normalized spacial score (nSPS) is 11.9. The molecule has 0 saturated heterocycles. The van der Waals surface area contributed by atoms with Crippen molar-refractivity contribution in [3.63, 3.8) is 0 Å². The van der Waals surface area contributed by atoms with E-state index in [0.29, 0.717) is 6.61 Å². The van der Waals surface area contributed by atoms with E-state index in [-0.39, 0.29) is 6.04 Å². The second kappa shape index (κ2) is 6.91. The first-order valence-electron chi connectivity index (χ1n) is 6.69. The Bertz CT molecular complexity index is 543. The topological polar surface area (TPSA) is 57.4 Å². The molecule has 0 aliphatic carbocycles. The zero-order chi connectivity index (χ0) is 14.4. The van der Waals surface area contributed by atoms with Gasteiger partial charge in [0.2, 0.25) is 0 Å². The molecule has 106 valence electrons. The quantitative estimate of drug-likeness (QED) is 0.878. The summed E-state index contributed by atoms with van der Waals surface area (Å²) in [5.41, 5.74) is 8.34. The van der Waals surface area contributed by atoms with Crippen molar-refractivity contribution in [3.8, 4) is 11.5 Å². The Kier molecular flexibility index (Phi) is 4.96. The Morgan fingerprint density at radius 2 is 2.10 bits per heavy atom. The number of methoxy groups -OCH3 is 1. The summed E-state index contributed by atoms with van der Waals surface area (Å²) in [6, 6.07) is 9.72. The van der Waals surface area contributed by atoms with Crippen molar-refractivity contribution >= 4 is 0 Å². The maximum atomic E-state index is 6.20. The van der Waals surface area contributed by atoms with Crippen LogP contribution < -0.4 is 15.2 Å². The minimum Gasteiger partial charge on any atom is -0.493 e. The largest absolute Gasteiger partial charge is 0.493 e. The number of hydrogen-bond donors (Lipinski definition) is 1. The summed E-state index contributed by atoms with van der Waals surface area (Å²) in [4.78, 5) is 4.09. The van der Waals surface area contributed by atoms with Crippen molar-refractivity contribution in [2.75, 3.05) is 13.7 Å². The second-order valence-electron chi connectivity index (χ2n) is 4.52. The fraction of sp³-hybridized carbons (Fsp3) is 0.312. The van der Waals surface area contributed by atoms with Crippen LogP contribution in [0.1, 0.15) is 24.1 Å². The van der Waals surface area contributed by atoms with Crippen molar-refractivity contribution < 1.29 is 9.47 Å². The van der Waals surface area contributed by atoms with Gasteiger partial charge in [0.1, 0.15) is 0 Å². The molecule has 0 bridgehead atoms. The molecule has 4 nitrogen and oxygen atoms in total. The van der Waals surface area contributed by atoms with Crippen LogP contribution in [0.25, 0.3) is 0 Å². The van der Waals surface area contributed by atoms with E-state index in [2.05, 4.69) is 4.98 Å². The van der Waals surface area contributed by atoms with Crippen LogP contribution in [0.3, 0.4) is 0 Å². The van der Waals surface area contributed by atoms with Gasteiger partial charge < -0.3 is 15.2 Å². The molecule has 1 atom stereocenters. The number of nitrogens with zero attached hydrogens (tertiary/aromatic N) is 1. The molecular formula is C16H20N2O2. The number of benzene rings is 1. The lowest BCUT2D eigenvalue weighted by Crippen LogP contribution is -2.13. The molecule has 4 heteroatoms. The highest BCUT2D eigenvalue weighted by Gasteiger charge is 2.10. The molecule has 0 radical (unpaired) electrons. The molecule has 0 aliphatic heterocycles. The highest BCUT2D eigenvalue weighted by molar-refractivity contribution is 5.43. The van der Waals surface area contributed by atoms with Crippen molar-refractivity contribution in [2.24, 2.45) is 5.73 Å². The third kappa shape index (κ3) is 3.48. The molecule has 2 aromatic rings. The maximum absolute atomic E-state index is 6.20. The molecule has 2 N–H and O–H groups in total. The molecular weight excluding hydrogens is 252 g/mol. The van der Waals surface area contributed by atoms with Crippen LogP contribution >= 0.6 is 0 Å². The first kappa shape index (κ1) is 14.3. The van der Waals surface area contributed by atoms with E-state index in [1.54, 1.807) is 19.5 Å². The van der Waals surface area contributed by atoms with Crippen LogP contribution in [0, 0.1) is 0 Å². The van der Waals surface area contributed by atoms with Crippen LogP contribution in [0.15, 0.2) is 42.7 Å². The Hall–Kier alpha value is -2.07. The van der Waals surface area contributed by atoms with Gasteiger partial charge in [-0.05, 0) is 42.7 Å². The average molecular weight is 272 g/mol. The molecule has 0 saturated carbocycles. The Morgan fingerprint density at radius 1 is 1.25 bits per heavy atom. The van der Waals surface area contributed by atoms with Crippen molar-refractivity contribution in [1.29, 1.82) is 0 Å². The van der Waals surface area contributed by atoms with E-state index < -0.39 is 0 Å². The molecule has 0 spiro atoms. The van der Waals surface area contributed by atoms with E-state index in [4.69, 9.17) is 15.2 Å². The van der Waals surface area contributed by atoms with Gasteiger partial charge in [-0.15, -0.1) is 0 Å². The summed E-state index contributed by atoms with van der Waals surface area (Å²) < 4.78 is 10.9. The van der Waals surface area contributed by atoms with Crippen molar-refractivity contribution in [1.82, 2.24) is 4.98 Å². The van der Waals surface area contributed by atoms with Crippen LogP contribution in [-0.4, -0.2) is 18.7 Å². The predicted molar refractivity (Wildman–Crippen MR) is 79.0 cm³/mol. The number of pyridine rings is 1. The summed E-state index contributed by atoms with van der Waals surface area (Å²) in [5.74, 6) is 1.50. The maximum Gasteiger partial charge on any atom is 0.161 e. The number of aromatic nitrogens is 1. The Morgan fingerprint density at radius 3 is 2.75 bits per heavy atom. The van der Waals surface area contributed by atoms with Gasteiger partial charge in [-0.2, -0.15) is 0 Å². The molecule has 1 unspecified atom stereocenters. The van der Waals surface area contributed by atoms with Gasteiger partial charge >= 0.3 is 0 Å². The Balaban J connectivity index is 2.13. The van der Waals surface area contributed by atoms with Crippen LogP contribution in [0.5, 0.6) is 11.5 Å². The van der Waals surface area contributed by atoms with Gasteiger partial charge in [0.15, 0.2) is 11.5 Å². The van der Waals surface area contributed by atoms with E-state index in [1.807, 2.05) is 37.3 Å². The molecule has 1 aromatic carbocycles. The number of nitrogens with two attached hydrogens (primary N) is 1. The smallest absolute Gasteiger partial charge is 0.161 e. The van der Waals surface area contributed by atoms with Gasteiger partial charge in [-0.3, -0.25) is 4.98 Å². The molecule has 0 aliphatic rings. The predicted octanol–water partition coefficient (Wildman–Crippen LogP) is 2.73. The summed E-state index contributed by atoms with van der Waals surface area (Å²) in [6.07, 6.45) is 4.28. The summed E-state index contributed by atoms with van der Waals surface area (Å²) in [7, 11) is 1.64. The standard InChI is InChI=1S/C16H20N2O2/c1-3-20-15-7-6-12(10-16(15)19-2)9-14(17)13-5-4-8-18-11-13/h4-8,10-11,14H,3,9,17H2,1-2H3. The monoisotopic (exact) mass is 272 g/mol. The van der Waals surface area contributed by atoms with Crippen molar-refractivity contribution in [2.45, 2.75) is 19.4 Å². The third-order valence-electron chi connectivity index (χ3n) is 3.10. The van der Waals surface area contributed by atoms with Crippen LogP contribution in [0.4, 0.5) is 0 Å². The first-order chi connectivity index (χ1) is 9.74. The van der Waals surface area contributed by atoms with Gasteiger partial charge in [0.25, 0.3) is 0 Å². The lowest BCUT2D eigenvalue weighted by Gasteiger charge is -2.14. The van der Waals surface area contributed by atoms with E-state index >= 15 is 0 Å². The highest BCUT2D eigenvalue weighted by atomic mass is 16.5. The van der Waals surface area contributed by atoms with Gasteiger partial charge in [0.05, 0.1) is 13.7 Å². The average Bonchev–Trinajstić information content (AvgIpc) is 2.50. The van der Waals surface area contributed by atoms with Crippen molar-refractivity contribution in [3.05, 3.63) is 53.9 Å². The SMILES string of the molecule is CCOc1ccc(CC(N)c2cccnc2)cc1OC. The van der Waals surface area contributed by atoms with Crippen LogP contribution in [0.2, 0.25) is 0 Å². The first-order valence-corrected chi connectivity index (χ1v) is 6.69. The van der Waals surface area contributed by atoms with Gasteiger partial charge in [0, 0.05) is 18.4 Å². The second-order valence-corrected chi connectivity index (χ2v) is 4.52. The molecule has 0 amide bonds. The van der Waals surface area contributed by atoms with Gasteiger partial charge in [-0.1, -0.05) is 12.1 Å². The lowest BCUT2D eigenvalue weighted by molar-refractivity contribution is 0.310. The molecule has 0 fully saturated rings. The Labute approximate surface area is 119 Å². The fourth-order valence-corrected chi connectivity index (χ4v) is 2.08. The summed E-state index contributed by atoms with van der Waals surface area (Å²) >= 11 is 0. The van der Waals surface area contributed by atoms with Gasteiger partial charge in [-0.25, -0.2) is 0 Å². The van der Waals surface area contributed by atoms with E-state index in [9.17, 15) is 0 Å². The molecule has 20 heavy (non-hydrogen) atoms. The fourth-order valence-electron chi connectivity index (χ4n) is 2.08. The third-order valence-corrected chi connectivity index (χ3v) is 3.10. The molecule has 2 rings (SSSR count). The number of rotatable bonds is 6. The van der Waals surface area contributed by atoms with Crippen LogP contribution in [-0.2, 0) is 6.42 Å². The summed E-state index contributed by atoms with van der Waals surface area (Å²) in [5, 5.41) is 0. The highest BCUT2D eigenvalue weighted by Crippen LogP contribution is 2.29. The molecule has 1 heterocycles. The van der Waals surface area contributed by atoms with E-state index in [0.717, 1.165) is 29.0 Å².